The van der Waals surface area contributed by atoms with Crippen molar-refractivity contribution in [2.45, 2.75) is 0 Å². The van der Waals surface area contributed by atoms with E-state index in [2.05, 4.69) is 9.72 Å². The van der Waals surface area contributed by atoms with Crippen LogP contribution in [0, 0.1) is 11.6 Å². The maximum atomic E-state index is 13.6. The number of nitrogens with one attached hydrogen (secondary N) is 1. The molecule has 2 aromatic rings. The van der Waals surface area contributed by atoms with Crippen molar-refractivity contribution in [3.8, 4) is 0 Å². The average Bonchev–Trinajstić information content (AvgIpc) is 2.56. The van der Waals surface area contributed by atoms with E-state index in [4.69, 9.17) is 0 Å². The van der Waals surface area contributed by atoms with E-state index in [1.165, 1.54) is 12.1 Å². The van der Waals surface area contributed by atoms with Crippen LogP contribution < -0.4 is 0 Å². The zero-order valence-corrected chi connectivity index (χ0v) is 7.80. The standard InChI is InChI=1S/C10H7F2NO2/c1-15-10(14)9-8(12)7-5(11)3-2-4-6(7)13-9/h2-4,13H,1H3. The summed E-state index contributed by atoms with van der Waals surface area (Å²) in [5.41, 5.74) is -0.134. The van der Waals surface area contributed by atoms with Gasteiger partial charge in [-0.25, -0.2) is 13.6 Å². The van der Waals surface area contributed by atoms with Gasteiger partial charge < -0.3 is 9.72 Å². The van der Waals surface area contributed by atoms with E-state index >= 15 is 0 Å². The lowest BCUT2D eigenvalue weighted by Gasteiger charge is -1.93. The quantitative estimate of drug-likeness (QED) is 0.735. The molecule has 1 aromatic heterocycles. The highest BCUT2D eigenvalue weighted by Crippen LogP contribution is 2.23. The van der Waals surface area contributed by atoms with Crippen LogP contribution in [0.5, 0.6) is 0 Å². The third kappa shape index (κ3) is 1.36. The largest absolute Gasteiger partial charge is 0.464 e. The lowest BCUT2D eigenvalue weighted by atomic mass is 10.2. The molecule has 0 unspecified atom stereocenters. The van der Waals surface area contributed by atoms with E-state index in [1.807, 2.05) is 0 Å². The Balaban J connectivity index is 2.75. The molecule has 1 N–H and O–H groups in total. The summed E-state index contributed by atoms with van der Waals surface area (Å²) in [6.45, 7) is 0. The molecule has 0 spiro atoms. The third-order valence-electron chi connectivity index (χ3n) is 2.10. The summed E-state index contributed by atoms with van der Waals surface area (Å²) in [5.74, 6) is -2.49. The number of benzene rings is 1. The second-order valence-electron chi connectivity index (χ2n) is 2.97. The van der Waals surface area contributed by atoms with Gasteiger partial charge in [-0.1, -0.05) is 6.07 Å². The predicted molar refractivity (Wildman–Crippen MR) is 49.6 cm³/mol. The summed E-state index contributed by atoms with van der Waals surface area (Å²) >= 11 is 0. The molecule has 0 fully saturated rings. The van der Waals surface area contributed by atoms with Crippen molar-refractivity contribution in [1.82, 2.24) is 4.98 Å². The highest BCUT2D eigenvalue weighted by molar-refractivity contribution is 5.95. The summed E-state index contributed by atoms with van der Waals surface area (Å²) in [7, 11) is 1.13. The number of hydrogen-bond acceptors (Lipinski definition) is 2. The molecule has 0 amide bonds. The van der Waals surface area contributed by atoms with Crippen molar-refractivity contribution in [2.24, 2.45) is 0 Å². The number of carbonyl (C=O) groups is 1. The second kappa shape index (κ2) is 3.34. The van der Waals surface area contributed by atoms with E-state index in [0.717, 1.165) is 13.2 Å². The molecule has 15 heavy (non-hydrogen) atoms. The van der Waals surface area contributed by atoms with Crippen molar-refractivity contribution < 1.29 is 18.3 Å². The number of ether oxygens (including phenoxy) is 1. The molecular weight excluding hydrogens is 204 g/mol. The van der Waals surface area contributed by atoms with Crippen LogP contribution in [0.3, 0.4) is 0 Å². The SMILES string of the molecule is COC(=O)c1[nH]c2cccc(F)c2c1F. The molecule has 0 aliphatic heterocycles. The number of carbonyl (C=O) groups excluding carboxylic acids is 1. The maximum absolute atomic E-state index is 13.6. The average molecular weight is 211 g/mol. The summed E-state index contributed by atoms with van der Waals surface area (Å²) in [4.78, 5) is 13.6. The Morgan fingerprint density at radius 1 is 1.40 bits per heavy atom. The van der Waals surface area contributed by atoms with Crippen molar-refractivity contribution in [2.75, 3.05) is 7.11 Å². The lowest BCUT2D eigenvalue weighted by Crippen LogP contribution is -2.03. The number of H-pyrrole nitrogens is 1. The predicted octanol–water partition coefficient (Wildman–Crippen LogP) is 2.23. The number of aromatic nitrogens is 1. The summed E-state index contributed by atoms with van der Waals surface area (Å²) in [5, 5.41) is -0.224. The van der Waals surface area contributed by atoms with Crippen LogP contribution >= 0.6 is 0 Å². The van der Waals surface area contributed by atoms with Gasteiger partial charge in [0.25, 0.3) is 0 Å². The first-order valence-corrected chi connectivity index (χ1v) is 4.19. The number of hydrogen-bond donors (Lipinski definition) is 1. The Morgan fingerprint density at radius 3 is 2.73 bits per heavy atom. The van der Waals surface area contributed by atoms with Gasteiger partial charge in [-0.15, -0.1) is 0 Å². The molecule has 0 atom stereocenters. The normalized spacial score (nSPS) is 10.6. The van der Waals surface area contributed by atoms with Crippen molar-refractivity contribution in [1.29, 1.82) is 0 Å². The van der Waals surface area contributed by atoms with Crippen LogP contribution in [-0.4, -0.2) is 18.1 Å². The first kappa shape index (κ1) is 9.64. The number of rotatable bonds is 1. The van der Waals surface area contributed by atoms with Crippen molar-refractivity contribution in [3.63, 3.8) is 0 Å². The number of halogens is 2. The van der Waals surface area contributed by atoms with Gasteiger partial charge in [0.05, 0.1) is 18.0 Å². The van der Waals surface area contributed by atoms with Gasteiger partial charge in [0.2, 0.25) is 0 Å². The molecule has 0 aliphatic carbocycles. The minimum atomic E-state index is -0.921. The van der Waals surface area contributed by atoms with E-state index < -0.39 is 17.6 Å². The van der Waals surface area contributed by atoms with Gasteiger partial charge in [0.1, 0.15) is 5.82 Å². The van der Waals surface area contributed by atoms with Gasteiger partial charge in [0, 0.05) is 0 Å². The molecule has 0 saturated carbocycles. The smallest absolute Gasteiger partial charge is 0.357 e. The molecule has 1 heterocycles. The van der Waals surface area contributed by atoms with Gasteiger partial charge in [-0.2, -0.15) is 0 Å². The number of methoxy groups -OCH3 is 1. The zero-order valence-electron chi connectivity index (χ0n) is 7.80. The van der Waals surface area contributed by atoms with Gasteiger partial charge in [0.15, 0.2) is 11.5 Å². The topological polar surface area (TPSA) is 42.1 Å². The Hall–Kier alpha value is -1.91. The summed E-state index contributed by atoms with van der Waals surface area (Å²) < 4.78 is 31.1. The molecule has 1 aromatic carbocycles. The van der Waals surface area contributed by atoms with Crippen LogP contribution in [0.15, 0.2) is 18.2 Å². The Bertz CT molecular complexity index is 533. The fourth-order valence-electron chi connectivity index (χ4n) is 1.41. The van der Waals surface area contributed by atoms with E-state index in [-0.39, 0.29) is 16.6 Å². The van der Waals surface area contributed by atoms with E-state index in [9.17, 15) is 13.6 Å². The van der Waals surface area contributed by atoms with Crippen LogP contribution in [0.1, 0.15) is 10.5 Å². The first-order chi connectivity index (χ1) is 7.15. The summed E-state index contributed by atoms with van der Waals surface area (Å²) in [6, 6.07) is 4.03. The first-order valence-electron chi connectivity index (χ1n) is 4.19. The molecule has 0 saturated heterocycles. The number of fused-ring (bicyclic) bond motifs is 1. The van der Waals surface area contributed by atoms with Crippen LogP contribution in [0.2, 0.25) is 0 Å². The molecule has 0 radical (unpaired) electrons. The molecule has 0 bridgehead atoms. The van der Waals surface area contributed by atoms with Gasteiger partial charge in [-0.05, 0) is 12.1 Å². The molecule has 3 nitrogen and oxygen atoms in total. The fraction of sp³-hybridized carbons (Fsp3) is 0.100. The summed E-state index contributed by atoms with van der Waals surface area (Å²) in [6.07, 6.45) is 0. The molecule has 0 aliphatic rings. The Labute approximate surface area is 83.7 Å². The molecular formula is C10H7F2NO2. The van der Waals surface area contributed by atoms with E-state index in [0.29, 0.717) is 0 Å². The van der Waals surface area contributed by atoms with Gasteiger partial charge in [-0.3, -0.25) is 0 Å². The van der Waals surface area contributed by atoms with E-state index in [1.54, 1.807) is 0 Å². The van der Waals surface area contributed by atoms with Crippen LogP contribution in [0.4, 0.5) is 8.78 Å². The highest BCUT2D eigenvalue weighted by Gasteiger charge is 2.20. The van der Waals surface area contributed by atoms with Crippen LogP contribution in [-0.2, 0) is 4.74 Å². The minimum absolute atomic E-state index is 0.224. The monoisotopic (exact) mass is 211 g/mol. The maximum Gasteiger partial charge on any atom is 0.357 e. The molecule has 78 valence electrons. The second-order valence-corrected chi connectivity index (χ2v) is 2.97. The van der Waals surface area contributed by atoms with Crippen molar-refractivity contribution >= 4 is 16.9 Å². The van der Waals surface area contributed by atoms with Gasteiger partial charge >= 0.3 is 5.97 Å². The van der Waals surface area contributed by atoms with Crippen molar-refractivity contribution in [3.05, 3.63) is 35.5 Å². The molecule has 5 heteroatoms. The fourth-order valence-corrected chi connectivity index (χ4v) is 1.41. The third-order valence-corrected chi connectivity index (χ3v) is 2.10. The lowest BCUT2D eigenvalue weighted by molar-refractivity contribution is 0.0590. The minimum Gasteiger partial charge on any atom is -0.464 e. The van der Waals surface area contributed by atoms with Crippen LogP contribution in [0.25, 0.3) is 10.9 Å². The Kier molecular flexibility index (Phi) is 2.15. The Morgan fingerprint density at radius 2 is 2.13 bits per heavy atom. The zero-order chi connectivity index (χ0) is 11.0. The molecule has 2 rings (SSSR count). The number of aromatic amines is 1. The highest BCUT2D eigenvalue weighted by atomic mass is 19.1. The number of esters is 1.